The largest absolute Gasteiger partial charge is 0.476 e. The first-order valence-corrected chi connectivity index (χ1v) is 26.4. The topological polar surface area (TPSA) is 193 Å². The minimum atomic E-state index is -0.439. The van der Waals surface area contributed by atoms with E-state index in [1.54, 1.807) is 36.4 Å². The standard InChI is InChI=1S/C16H14NO.C12H15NO3.C11H12O3.C9H9BrO.C9H13NO.C7H4ClO.2Y/c1-12-7-9-13(10-8-12)15-11-18-16(17-15)14-5-3-2-4-6-14;1-9-4-6-11(7-5-9)12(13-15-3)8-16-10(2)14;1-8-3-5-10(6-4-8)11(13)7-14-9(2)12;1-7-2-4-8(5-3-7)9(11)6-10;1-7-2-4-8(5-3-7)9(10)6-11;8-7(9)6-4-2-1-3-5-6;;/h3-10,15H,11H2,1H3;4-7H,8H2,1-3H3;3-6H,7H2,1-2H3;2-5H,6H2,1H3;2-5,9,11H,6,10H2,1H3;2-5H;;/q-1;;;;;-1;;/b;13-12+;;;;;;. The van der Waals surface area contributed by atoms with Gasteiger partial charge in [-0.25, -0.2) is 4.99 Å². The Balaban J connectivity index is 0.000000491. The second kappa shape index (κ2) is 41.3. The van der Waals surface area contributed by atoms with E-state index in [4.69, 9.17) is 36.8 Å². The molecule has 1 aliphatic rings. The fourth-order valence-electron chi connectivity index (χ4n) is 6.45. The van der Waals surface area contributed by atoms with Crippen LogP contribution in [0.3, 0.4) is 0 Å². The number of aliphatic hydroxyl groups excluding tert-OH is 1. The maximum atomic E-state index is 11.4. The molecule has 0 aliphatic carbocycles. The van der Waals surface area contributed by atoms with Gasteiger partial charge in [0.05, 0.1) is 18.0 Å². The van der Waals surface area contributed by atoms with Crippen molar-refractivity contribution in [2.24, 2.45) is 15.9 Å². The molecule has 81 heavy (non-hydrogen) atoms. The zero-order valence-corrected chi connectivity index (χ0v) is 54.9. The third-order valence-corrected chi connectivity index (χ3v) is 11.7. The quantitative estimate of drug-likeness (QED) is 0.0200. The first-order valence-electron chi connectivity index (χ1n) is 24.9. The molecule has 7 aromatic carbocycles. The van der Waals surface area contributed by atoms with Crippen LogP contribution in [0.15, 0.2) is 180 Å². The van der Waals surface area contributed by atoms with Gasteiger partial charge in [0.2, 0.25) is 5.24 Å². The summed E-state index contributed by atoms with van der Waals surface area (Å²) in [6.45, 7) is 13.3. The number of hydrogen-bond acceptors (Lipinski definition) is 13. The number of carbonyl (C=O) groups is 5. The number of rotatable bonds is 14. The number of oxime groups is 1. The molecule has 1 aliphatic heterocycles. The number of halogens is 2. The molecule has 0 amide bonds. The maximum Gasteiger partial charge on any atom is 0.303 e. The summed E-state index contributed by atoms with van der Waals surface area (Å²) in [5, 5.41) is 12.5. The second-order valence-electron chi connectivity index (χ2n) is 17.6. The number of aryl methyl sites for hydroxylation is 5. The molecule has 13 nitrogen and oxygen atoms in total. The van der Waals surface area contributed by atoms with Gasteiger partial charge in [0.1, 0.15) is 32.1 Å². The number of carbonyl (C=O) groups excluding carboxylic acids is 5. The number of ketones is 2. The van der Waals surface area contributed by atoms with E-state index in [9.17, 15) is 24.0 Å². The van der Waals surface area contributed by atoms with Crippen molar-refractivity contribution in [3.05, 3.63) is 249 Å². The summed E-state index contributed by atoms with van der Waals surface area (Å²) >= 11 is 8.27. The Morgan fingerprint density at radius 3 is 1.44 bits per heavy atom. The van der Waals surface area contributed by atoms with Crippen LogP contribution in [-0.2, 0) is 94.1 Å². The fraction of sp³-hybridized carbons (Fsp3) is 0.234. The van der Waals surface area contributed by atoms with Crippen LogP contribution in [0, 0.1) is 46.8 Å². The summed E-state index contributed by atoms with van der Waals surface area (Å²) in [5.74, 6) is -0.0962. The Labute approximate surface area is 540 Å². The van der Waals surface area contributed by atoms with Gasteiger partial charge >= 0.3 is 11.9 Å². The molecule has 1 heterocycles. The molecular formula is C64H67BrClN3O10Y2-2. The number of hydrogen-bond donors (Lipinski definition) is 2. The minimum absolute atomic E-state index is 0. The Morgan fingerprint density at radius 2 is 1.04 bits per heavy atom. The smallest absolute Gasteiger partial charge is 0.303 e. The van der Waals surface area contributed by atoms with Crippen molar-refractivity contribution in [2.75, 3.05) is 38.9 Å². The molecule has 0 fully saturated rings. The van der Waals surface area contributed by atoms with Crippen molar-refractivity contribution in [1.82, 2.24) is 0 Å². The van der Waals surface area contributed by atoms with E-state index in [-0.39, 0.29) is 115 Å². The molecule has 0 saturated heterocycles. The van der Waals surface area contributed by atoms with Gasteiger partial charge in [0.15, 0.2) is 24.1 Å². The van der Waals surface area contributed by atoms with Crippen LogP contribution in [0.4, 0.5) is 0 Å². The summed E-state index contributed by atoms with van der Waals surface area (Å²) in [5.41, 5.74) is 18.0. The summed E-state index contributed by atoms with van der Waals surface area (Å²) in [4.78, 5) is 63.4. The van der Waals surface area contributed by atoms with Gasteiger partial charge in [0, 0.05) is 96.0 Å². The van der Waals surface area contributed by atoms with Gasteiger partial charge < -0.3 is 29.9 Å². The van der Waals surface area contributed by atoms with Crippen LogP contribution in [0.5, 0.6) is 0 Å². The number of Topliss-reactive ketones (excluding diaryl/α,β-unsaturated/α-hetero) is 2. The maximum absolute atomic E-state index is 11.4. The SMILES string of the molecule is CC(=O)OCC(=O)c1ccc(C)cc1.CO/N=C(\COC(C)=O)c1ccc(C)cc1.Cc1ccc(C(=O)CBr)cc1.Cc1ccc(C(N)CO)cc1.Cc1ccc(C2COC(c3cc[c-]cc3)=N2)cc1.O=C(Cl)c1cc[c-]cc1.[Y].[Y]. The molecule has 0 bridgehead atoms. The van der Waals surface area contributed by atoms with E-state index in [2.05, 4.69) is 74.1 Å². The van der Waals surface area contributed by atoms with Crippen LogP contribution >= 0.6 is 27.5 Å². The van der Waals surface area contributed by atoms with Crippen LogP contribution in [-0.4, -0.2) is 84.3 Å². The Bertz CT molecular complexity index is 3020. The number of aliphatic imine (C=N–C) groups is 1. The molecule has 0 aromatic heterocycles. The first kappa shape index (κ1) is 73.3. The van der Waals surface area contributed by atoms with Gasteiger partial charge in [-0.05, 0) is 57.3 Å². The summed E-state index contributed by atoms with van der Waals surface area (Å²) < 4.78 is 15.2. The molecule has 17 heteroatoms. The third-order valence-electron chi connectivity index (χ3n) is 11.0. The number of esters is 2. The van der Waals surface area contributed by atoms with Crippen molar-refractivity contribution in [2.45, 2.75) is 60.5 Å². The molecule has 8 rings (SSSR count). The Hall–Kier alpha value is -5.67. The number of nitrogens with two attached hydrogens (primary N) is 1. The van der Waals surface area contributed by atoms with Crippen molar-refractivity contribution in [3.63, 3.8) is 0 Å². The average molecular weight is 1330 g/mol. The first-order chi connectivity index (χ1) is 37.8. The van der Waals surface area contributed by atoms with Crippen molar-refractivity contribution in [1.29, 1.82) is 0 Å². The number of aliphatic hydroxyl groups is 1. The van der Waals surface area contributed by atoms with E-state index in [1.165, 1.54) is 43.2 Å². The number of ether oxygens (including phenoxy) is 3. The zero-order chi connectivity index (χ0) is 58.1. The molecular weight excluding hydrogens is 1260 g/mol. The van der Waals surface area contributed by atoms with E-state index in [0.29, 0.717) is 28.8 Å². The fourth-order valence-corrected chi connectivity index (χ4v) is 6.90. The summed E-state index contributed by atoms with van der Waals surface area (Å²) in [6.07, 6.45) is 0. The summed E-state index contributed by atoms with van der Waals surface area (Å²) in [7, 11) is 1.46. The molecule has 7 aromatic rings. The zero-order valence-electron chi connectivity index (χ0n) is 46.9. The number of alkyl halides is 1. The molecule has 2 radical (unpaired) electrons. The van der Waals surface area contributed by atoms with Crippen molar-refractivity contribution in [3.8, 4) is 0 Å². The average Bonchev–Trinajstić information content (AvgIpc) is 3.98. The molecule has 0 spiro atoms. The third kappa shape index (κ3) is 29.7. The monoisotopic (exact) mass is 1330 g/mol. The predicted octanol–water partition coefficient (Wildman–Crippen LogP) is 12.4. The van der Waals surface area contributed by atoms with Gasteiger partial charge in [-0.1, -0.05) is 181 Å². The molecule has 3 N–H and O–H groups in total. The molecule has 0 saturated carbocycles. The van der Waals surface area contributed by atoms with Gasteiger partial charge in [-0.15, -0.1) is 0 Å². The number of benzene rings is 7. The normalized spacial score (nSPS) is 12.0. The van der Waals surface area contributed by atoms with Crippen LogP contribution in [0.1, 0.15) is 107 Å². The van der Waals surface area contributed by atoms with Gasteiger partial charge in [0.25, 0.3) is 0 Å². The Kier molecular flexibility index (Phi) is 37.4. The van der Waals surface area contributed by atoms with E-state index < -0.39 is 11.2 Å². The molecule has 2 atom stereocenters. The number of nitrogens with zero attached hydrogens (tertiary/aromatic N) is 2. The van der Waals surface area contributed by atoms with Gasteiger partial charge in [-0.3, -0.25) is 24.0 Å². The van der Waals surface area contributed by atoms with E-state index in [0.717, 1.165) is 39.3 Å². The Morgan fingerprint density at radius 1 is 0.630 bits per heavy atom. The predicted molar refractivity (Wildman–Crippen MR) is 315 cm³/mol. The van der Waals surface area contributed by atoms with E-state index in [1.807, 2.05) is 137 Å². The summed E-state index contributed by atoms with van der Waals surface area (Å²) in [6, 6.07) is 58.7. The van der Waals surface area contributed by atoms with Crippen LogP contribution in [0.25, 0.3) is 0 Å². The minimum Gasteiger partial charge on any atom is -0.476 e. The van der Waals surface area contributed by atoms with Crippen LogP contribution < -0.4 is 5.73 Å². The van der Waals surface area contributed by atoms with Crippen molar-refractivity contribution >= 4 is 67.9 Å². The second-order valence-corrected chi connectivity index (χ2v) is 18.5. The van der Waals surface area contributed by atoms with Crippen molar-refractivity contribution < 1.29 is 114 Å². The van der Waals surface area contributed by atoms with Gasteiger partial charge in [-0.2, -0.15) is 60.7 Å². The van der Waals surface area contributed by atoms with E-state index >= 15 is 0 Å². The molecule has 2 unspecified atom stereocenters. The van der Waals surface area contributed by atoms with Crippen LogP contribution in [0.2, 0.25) is 0 Å². The molecule has 420 valence electrons.